The maximum absolute atomic E-state index is 12.0. The van der Waals surface area contributed by atoms with Crippen LogP contribution >= 0.6 is 0 Å². The third-order valence-electron chi connectivity index (χ3n) is 3.30. The van der Waals surface area contributed by atoms with E-state index < -0.39 is 0 Å². The second-order valence-corrected chi connectivity index (χ2v) is 5.02. The Bertz CT molecular complexity index is 420. The highest BCUT2D eigenvalue weighted by Crippen LogP contribution is 2.15. The van der Waals surface area contributed by atoms with Crippen molar-refractivity contribution < 1.29 is 9.90 Å². The fourth-order valence-corrected chi connectivity index (χ4v) is 2.33. The molecule has 1 aliphatic rings. The number of urea groups is 1. The topological polar surface area (TPSA) is 52.6 Å². The van der Waals surface area contributed by atoms with Crippen molar-refractivity contribution in [1.29, 1.82) is 0 Å². The summed E-state index contributed by atoms with van der Waals surface area (Å²) in [5, 5.41) is 12.2. The fourth-order valence-electron chi connectivity index (χ4n) is 2.33. The number of carbonyl (C=O) groups excluding carboxylic acids is 1. The largest absolute Gasteiger partial charge is 0.508 e. The molecule has 0 radical (unpaired) electrons. The van der Waals surface area contributed by atoms with E-state index in [1.807, 2.05) is 11.0 Å². The molecular formula is C14H20N2O2. The Hall–Kier alpha value is -1.71. The van der Waals surface area contributed by atoms with Gasteiger partial charge in [-0.25, -0.2) is 4.79 Å². The van der Waals surface area contributed by atoms with Crippen molar-refractivity contribution >= 4 is 6.03 Å². The first-order valence-electron chi connectivity index (χ1n) is 6.46. The molecule has 4 heteroatoms. The standard InChI is InChI=1S/C14H20N2O2/c1-11-4-3-7-16(10-11)14(18)15-9-12-5-2-6-13(17)8-12/h2,5-6,8,11,17H,3-4,7,9-10H2,1H3,(H,15,18). The summed E-state index contributed by atoms with van der Waals surface area (Å²) in [5.41, 5.74) is 0.911. The van der Waals surface area contributed by atoms with Gasteiger partial charge in [0.25, 0.3) is 0 Å². The molecule has 2 rings (SSSR count). The average molecular weight is 248 g/mol. The van der Waals surface area contributed by atoms with Gasteiger partial charge < -0.3 is 15.3 Å². The molecule has 18 heavy (non-hydrogen) atoms. The zero-order chi connectivity index (χ0) is 13.0. The highest BCUT2D eigenvalue weighted by Gasteiger charge is 2.20. The lowest BCUT2D eigenvalue weighted by Gasteiger charge is -2.30. The maximum atomic E-state index is 12.0. The van der Waals surface area contributed by atoms with Gasteiger partial charge in [0.1, 0.15) is 5.75 Å². The molecule has 98 valence electrons. The smallest absolute Gasteiger partial charge is 0.317 e. The first kappa shape index (κ1) is 12.7. The van der Waals surface area contributed by atoms with Crippen LogP contribution in [0.4, 0.5) is 4.79 Å². The summed E-state index contributed by atoms with van der Waals surface area (Å²) < 4.78 is 0. The second-order valence-electron chi connectivity index (χ2n) is 5.02. The fraction of sp³-hybridized carbons (Fsp3) is 0.500. The Morgan fingerprint density at radius 1 is 1.56 bits per heavy atom. The van der Waals surface area contributed by atoms with Crippen LogP contribution in [0.1, 0.15) is 25.3 Å². The van der Waals surface area contributed by atoms with Gasteiger partial charge in [0.15, 0.2) is 0 Å². The van der Waals surface area contributed by atoms with Gasteiger partial charge >= 0.3 is 6.03 Å². The number of likely N-dealkylation sites (tertiary alicyclic amines) is 1. The van der Waals surface area contributed by atoms with Gasteiger partial charge in [-0.3, -0.25) is 0 Å². The molecule has 2 N–H and O–H groups in total. The Morgan fingerprint density at radius 3 is 3.11 bits per heavy atom. The minimum Gasteiger partial charge on any atom is -0.508 e. The highest BCUT2D eigenvalue weighted by atomic mass is 16.3. The lowest BCUT2D eigenvalue weighted by Crippen LogP contribution is -2.44. The highest BCUT2D eigenvalue weighted by molar-refractivity contribution is 5.74. The summed E-state index contributed by atoms with van der Waals surface area (Å²) >= 11 is 0. The van der Waals surface area contributed by atoms with Gasteiger partial charge in [0.05, 0.1) is 0 Å². The van der Waals surface area contributed by atoms with E-state index in [-0.39, 0.29) is 11.8 Å². The molecule has 4 nitrogen and oxygen atoms in total. The molecule has 0 spiro atoms. The Labute approximate surface area is 108 Å². The molecule has 1 atom stereocenters. The molecule has 1 fully saturated rings. The maximum Gasteiger partial charge on any atom is 0.317 e. The number of phenolic OH excluding ortho intramolecular Hbond substituents is 1. The third kappa shape index (κ3) is 3.39. The van der Waals surface area contributed by atoms with Crippen molar-refractivity contribution in [3.05, 3.63) is 29.8 Å². The lowest BCUT2D eigenvalue weighted by molar-refractivity contribution is 0.169. The minimum absolute atomic E-state index is 0.00936. The lowest BCUT2D eigenvalue weighted by atomic mass is 10.0. The molecule has 1 aromatic carbocycles. The first-order valence-corrected chi connectivity index (χ1v) is 6.46. The van der Waals surface area contributed by atoms with E-state index in [0.717, 1.165) is 25.1 Å². The quantitative estimate of drug-likeness (QED) is 0.844. The van der Waals surface area contributed by atoms with Crippen LogP contribution in [0.15, 0.2) is 24.3 Å². The van der Waals surface area contributed by atoms with Gasteiger partial charge in [-0.1, -0.05) is 19.1 Å². The molecule has 1 unspecified atom stereocenters. The average Bonchev–Trinajstić information content (AvgIpc) is 2.36. The second kappa shape index (κ2) is 5.76. The Morgan fingerprint density at radius 2 is 2.39 bits per heavy atom. The molecular weight excluding hydrogens is 228 g/mol. The van der Waals surface area contributed by atoms with E-state index in [1.54, 1.807) is 18.2 Å². The number of amides is 2. The molecule has 0 aromatic heterocycles. The summed E-state index contributed by atoms with van der Waals surface area (Å²) in [6.07, 6.45) is 2.29. The van der Waals surface area contributed by atoms with Crippen LogP contribution in [0.25, 0.3) is 0 Å². The van der Waals surface area contributed by atoms with E-state index in [0.29, 0.717) is 12.5 Å². The monoisotopic (exact) mass is 248 g/mol. The summed E-state index contributed by atoms with van der Waals surface area (Å²) in [5.74, 6) is 0.818. The molecule has 1 heterocycles. The predicted octanol–water partition coefficient (Wildman–Crippen LogP) is 2.33. The van der Waals surface area contributed by atoms with Crippen molar-refractivity contribution in [2.75, 3.05) is 13.1 Å². The molecule has 2 amide bonds. The molecule has 0 bridgehead atoms. The number of aromatic hydroxyl groups is 1. The van der Waals surface area contributed by atoms with Gasteiger partial charge in [-0.15, -0.1) is 0 Å². The number of rotatable bonds is 2. The number of nitrogens with one attached hydrogen (secondary N) is 1. The number of benzene rings is 1. The van der Waals surface area contributed by atoms with Crippen LogP contribution in [-0.2, 0) is 6.54 Å². The predicted molar refractivity (Wildman–Crippen MR) is 70.3 cm³/mol. The number of carbonyl (C=O) groups is 1. The Balaban J connectivity index is 1.84. The summed E-state index contributed by atoms with van der Waals surface area (Å²) in [4.78, 5) is 13.8. The van der Waals surface area contributed by atoms with Crippen molar-refractivity contribution in [1.82, 2.24) is 10.2 Å². The minimum atomic E-state index is -0.00936. The van der Waals surface area contributed by atoms with E-state index in [9.17, 15) is 9.90 Å². The molecule has 1 saturated heterocycles. The third-order valence-corrected chi connectivity index (χ3v) is 3.30. The summed E-state index contributed by atoms with van der Waals surface area (Å²) in [6.45, 7) is 4.31. The van der Waals surface area contributed by atoms with Crippen LogP contribution in [-0.4, -0.2) is 29.1 Å². The molecule has 0 saturated carbocycles. The van der Waals surface area contributed by atoms with E-state index in [4.69, 9.17) is 0 Å². The van der Waals surface area contributed by atoms with Crippen LogP contribution in [0, 0.1) is 5.92 Å². The number of hydrogen-bond donors (Lipinski definition) is 2. The van der Waals surface area contributed by atoms with Crippen LogP contribution < -0.4 is 5.32 Å². The molecule has 1 aliphatic heterocycles. The summed E-state index contributed by atoms with van der Waals surface area (Å²) in [7, 11) is 0. The van der Waals surface area contributed by atoms with E-state index >= 15 is 0 Å². The van der Waals surface area contributed by atoms with E-state index in [2.05, 4.69) is 12.2 Å². The van der Waals surface area contributed by atoms with Crippen molar-refractivity contribution in [2.45, 2.75) is 26.3 Å². The zero-order valence-corrected chi connectivity index (χ0v) is 10.7. The number of nitrogens with zero attached hydrogens (tertiary/aromatic N) is 1. The van der Waals surface area contributed by atoms with Crippen LogP contribution in [0.5, 0.6) is 5.75 Å². The normalized spacial score (nSPS) is 19.6. The molecule has 1 aromatic rings. The van der Waals surface area contributed by atoms with Crippen LogP contribution in [0.3, 0.4) is 0 Å². The van der Waals surface area contributed by atoms with Crippen molar-refractivity contribution in [3.63, 3.8) is 0 Å². The van der Waals surface area contributed by atoms with Gasteiger partial charge in [0, 0.05) is 19.6 Å². The number of phenols is 1. The molecule has 0 aliphatic carbocycles. The van der Waals surface area contributed by atoms with Crippen molar-refractivity contribution in [2.24, 2.45) is 5.92 Å². The van der Waals surface area contributed by atoms with Crippen LogP contribution in [0.2, 0.25) is 0 Å². The van der Waals surface area contributed by atoms with E-state index in [1.165, 1.54) is 6.42 Å². The van der Waals surface area contributed by atoms with Gasteiger partial charge in [0.2, 0.25) is 0 Å². The zero-order valence-electron chi connectivity index (χ0n) is 10.7. The number of piperidine rings is 1. The first-order chi connectivity index (χ1) is 8.65. The number of hydrogen-bond acceptors (Lipinski definition) is 2. The van der Waals surface area contributed by atoms with Gasteiger partial charge in [-0.2, -0.15) is 0 Å². The summed E-state index contributed by atoms with van der Waals surface area (Å²) in [6, 6.07) is 6.94. The van der Waals surface area contributed by atoms with Crippen molar-refractivity contribution in [3.8, 4) is 5.75 Å². The Kier molecular flexibility index (Phi) is 4.07. The van der Waals surface area contributed by atoms with Gasteiger partial charge in [-0.05, 0) is 36.5 Å². The SMILES string of the molecule is CC1CCCN(C(=O)NCc2cccc(O)c2)C1.